The summed E-state index contributed by atoms with van der Waals surface area (Å²) in [5, 5.41) is 10.0. The summed E-state index contributed by atoms with van der Waals surface area (Å²) in [4.78, 5) is 7.02. The predicted molar refractivity (Wildman–Crippen MR) is 119 cm³/mol. The second kappa shape index (κ2) is 9.37. The zero-order chi connectivity index (χ0) is 20.4. The standard InChI is InChI=1S/C20H29N5O3.ClH/c1-12-15-17(21-9-8-10-24(2)3)16-13(22-20(15)25(4)23-12)11-14(26-5)18(27-6)19(16)28-7;/h11H,8-10H2,1-7H3,(H,21,22);1H. The summed E-state index contributed by atoms with van der Waals surface area (Å²) in [5.74, 6) is 1.73. The van der Waals surface area contributed by atoms with Crippen LogP contribution in [0.5, 0.6) is 17.2 Å². The maximum absolute atomic E-state index is 5.75. The molecule has 1 aromatic carbocycles. The van der Waals surface area contributed by atoms with Gasteiger partial charge in [0.1, 0.15) is 0 Å². The summed E-state index contributed by atoms with van der Waals surface area (Å²) < 4.78 is 18.7. The van der Waals surface area contributed by atoms with Crippen molar-refractivity contribution in [2.24, 2.45) is 7.05 Å². The van der Waals surface area contributed by atoms with Crippen molar-refractivity contribution >= 4 is 40.0 Å². The van der Waals surface area contributed by atoms with E-state index in [2.05, 4.69) is 29.4 Å². The molecule has 160 valence electrons. The van der Waals surface area contributed by atoms with Crippen LogP contribution in [0.4, 0.5) is 5.69 Å². The maximum atomic E-state index is 5.75. The number of halogens is 1. The third-order valence-corrected chi connectivity index (χ3v) is 4.81. The van der Waals surface area contributed by atoms with Gasteiger partial charge in [-0.1, -0.05) is 0 Å². The van der Waals surface area contributed by atoms with E-state index in [4.69, 9.17) is 19.2 Å². The van der Waals surface area contributed by atoms with Crippen LogP contribution in [0.1, 0.15) is 12.1 Å². The number of ether oxygens (including phenoxy) is 3. The minimum absolute atomic E-state index is 0. The Morgan fingerprint density at radius 3 is 2.34 bits per heavy atom. The Hall–Kier alpha value is -2.45. The fourth-order valence-electron chi connectivity index (χ4n) is 3.56. The van der Waals surface area contributed by atoms with Crippen molar-refractivity contribution in [1.82, 2.24) is 19.7 Å². The van der Waals surface area contributed by atoms with Crippen molar-refractivity contribution in [3.63, 3.8) is 0 Å². The van der Waals surface area contributed by atoms with E-state index in [9.17, 15) is 0 Å². The molecule has 29 heavy (non-hydrogen) atoms. The summed E-state index contributed by atoms with van der Waals surface area (Å²) in [6, 6.07) is 1.88. The SMILES string of the molecule is COc1cc2nc3c(c(C)nn3C)c(NCCCN(C)C)c2c(OC)c1OC.Cl. The number of aryl methyl sites for hydroxylation is 2. The highest BCUT2D eigenvalue weighted by Crippen LogP contribution is 2.47. The minimum atomic E-state index is 0. The van der Waals surface area contributed by atoms with E-state index >= 15 is 0 Å². The van der Waals surface area contributed by atoms with Crippen molar-refractivity contribution in [1.29, 1.82) is 0 Å². The average Bonchev–Trinajstić information content (AvgIpc) is 2.96. The molecule has 0 saturated carbocycles. The molecule has 3 rings (SSSR count). The van der Waals surface area contributed by atoms with E-state index in [-0.39, 0.29) is 12.4 Å². The Kier molecular flexibility index (Phi) is 7.37. The summed E-state index contributed by atoms with van der Waals surface area (Å²) in [6.07, 6.45) is 1.01. The first kappa shape index (κ1) is 22.8. The highest BCUT2D eigenvalue weighted by atomic mass is 35.5. The van der Waals surface area contributed by atoms with Gasteiger partial charge < -0.3 is 24.4 Å². The normalized spacial score (nSPS) is 11.0. The van der Waals surface area contributed by atoms with Crippen molar-refractivity contribution in [3.05, 3.63) is 11.8 Å². The van der Waals surface area contributed by atoms with Gasteiger partial charge in [0.15, 0.2) is 17.1 Å². The number of methoxy groups -OCH3 is 3. The molecule has 0 aliphatic rings. The van der Waals surface area contributed by atoms with Gasteiger partial charge in [0, 0.05) is 19.7 Å². The average molecular weight is 424 g/mol. The molecular weight excluding hydrogens is 394 g/mol. The van der Waals surface area contributed by atoms with Gasteiger partial charge in [0.2, 0.25) is 5.75 Å². The molecule has 2 heterocycles. The number of nitrogens with zero attached hydrogens (tertiary/aromatic N) is 4. The summed E-state index contributed by atoms with van der Waals surface area (Å²) in [5.41, 5.74) is 3.45. The molecule has 0 amide bonds. The molecule has 0 radical (unpaired) electrons. The quantitative estimate of drug-likeness (QED) is 0.557. The van der Waals surface area contributed by atoms with Crippen LogP contribution in [-0.4, -0.2) is 68.2 Å². The Bertz CT molecular complexity index is 1000. The number of hydrogen-bond acceptors (Lipinski definition) is 7. The number of anilines is 1. The molecule has 9 heteroatoms. The number of pyridine rings is 1. The van der Waals surface area contributed by atoms with Crippen LogP contribution in [0, 0.1) is 6.92 Å². The zero-order valence-corrected chi connectivity index (χ0v) is 18.9. The molecule has 0 fully saturated rings. The Morgan fingerprint density at radius 1 is 1.07 bits per heavy atom. The van der Waals surface area contributed by atoms with Gasteiger partial charge in [0.25, 0.3) is 0 Å². The van der Waals surface area contributed by atoms with Gasteiger partial charge in [-0.2, -0.15) is 5.10 Å². The molecule has 3 aromatic rings. The van der Waals surface area contributed by atoms with Gasteiger partial charge in [0.05, 0.1) is 49.0 Å². The number of rotatable bonds is 8. The Labute approximate surface area is 177 Å². The van der Waals surface area contributed by atoms with Crippen molar-refractivity contribution in [3.8, 4) is 17.2 Å². The molecule has 0 saturated heterocycles. The number of hydrogen-bond donors (Lipinski definition) is 1. The van der Waals surface area contributed by atoms with Gasteiger partial charge in [-0.3, -0.25) is 4.68 Å². The zero-order valence-electron chi connectivity index (χ0n) is 18.1. The van der Waals surface area contributed by atoms with E-state index < -0.39 is 0 Å². The molecule has 1 N–H and O–H groups in total. The molecule has 0 spiro atoms. The van der Waals surface area contributed by atoms with Crippen LogP contribution in [0.15, 0.2) is 6.07 Å². The van der Waals surface area contributed by atoms with E-state index in [0.29, 0.717) is 17.2 Å². The summed E-state index contributed by atoms with van der Waals surface area (Å²) >= 11 is 0. The minimum Gasteiger partial charge on any atom is -0.493 e. The fourth-order valence-corrected chi connectivity index (χ4v) is 3.56. The second-order valence-electron chi connectivity index (χ2n) is 7.02. The molecule has 0 atom stereocenters. The van der Waals surface area contributed by atoms with E-state index in [0.717, 1.165) is 52.8 Å². The summed E-state index contributed by atoms with van der Waals surface area (Å²) in [6.45, 7) is 3.81. The van der Waals surface area contributed by atoms with E-state index in [1.54, 1.807) is 26.0 Å². The van der Waals surface area contributed by atoms with Gasteiger partial charge >= 0.3 is 0 Å². The van der Waals surface area contributed by atoms with Crippen molar-refractivity contribution in [2.75, 3.05) is 53.8 Å². The smallest absolute Gasteiger partial charge is 0.204 e. The van der Waals surface area contributed by atoms with Crippen LogP contribution in [0.25, 0.3) is 21.9 Å². The topological polar surface area (TPSA) is 73.7 Å². The van der Waals surface area contributed by atoms with Crippen LogP contribution in [-0.2, 0) is 7.05 Å². The second-order valence-corrected chi connectivity index (χ2v) is 7.02. The number of nitrogens with one attached hydrogen (secondary N) is 1. The van der Waals surface area contributed by atoms with E-state index in [1.807, 2.05) is 20.0 Å². The molecular formula is C20H30ClN5O3. The largest absolute Gasteiger partial charge is 0.493 e. The Balaban J connectivity index is 0.00000300. The monoisotopic (exact) mass is 423 g/mol. The van der Waals surface area contributed by atoms with Gasteiger partial charge in [-0.15, -0.1) is 12.4 Å². The first-order valence-electron chi connectivity index (χ1n) is 9.27. The predicted octanol–water partition coefficient (Wildman–Crippen LogP) is 3.24. The third-order valence-electron chi connectivity index (χ3n) is 4.81. The van der Waals surface area contributed by atoms with Crippen LogP contribution < -0.4 is 19.5 Å². The molecule has 8 nitrogen and oxygen atoms in total. The van der Waals surface area contributed by atoms with Crippen LogP contribution >= 0.6 is 12.4 Å². The summed E-state index contributed by atoms with van der Waals surface area (Å²) in [7, 11) is 10.9. The number of fused-ring (bicyclic) bond motifs is 2. The molecule has 0 aliphatic heterocycles. The lowest BCUT2D eigenvalue weighted by Gasteiger charge is -2.19. The van der Waals surface area contributed by atoms with Crippen LogP contribution in [0.3, 0.4) is 0 Å². The van der Waals surface area contributed by atoms with Crippen molar-refractivity contribution < 1.29 is 14.2 Å². The maximum Gasteiger partial charge on any atom is 0.204 e. The van der Waals surface area contributed by atoms with Gasteiger partial charge in [-0.05, 0) is 34.0 Å². The lowest BCUT2D eigenvalue weighted by Crippen LogP contribution is -2.16. The van der Waals surface area contributed by atoms with Gasteiger partial charge in [-0.25, -0.2) is 4.98 Å². The molecule has 0 unspecified atom stereocenters. The number of aromatic nitrogens is 3. The highest BCUT2D eigenvalue weighted by Gasteiger charge is 2.23. The van der Waals surface area contributed by atoms with E-state index in [1.165, 1.54) is 0 Å². The van der Waals surface area contributed by atoms with Crippen LogP contribution in [0.2, 0.25) is 0 Å². The lowest BCUT2D eigenvalue weighted by atomic mass is 10.1. The highest BCUT2D eigenvalue weighted by molar-refractivity contribution is 6.11. The molecule has 2 aromatic heterocycles. The fraction of sp³-hybridized carbons (Fsp3) is 0.500. The Morgan fingerprint density at radius 2 is 1.76 bits per heavy atom. The third kappa shape index (κ3) is 4.13. The molecule has 0 aliphatic carbocycles. The lowest BCUT2D eigenvalue weighted by molar-refractivity contribution is 0.327. The first-order valence-corrected chi connectivity index (χ1v) is 9.27. The first-order chi connectivity index (χ1) is 13.4. The molecule has 0 bridgehead atoms. The van der Waals surface area contributed by atoms with Crippen molar-refractivity contribution in [2.45, 2.75) is 13.3 Å². The number of benzene rings is 1.